The highest BCUT2D eigenvalue weighted by molar-refractivity contribution is 7.20. The van der Waals surface area contributed by atoms with Gasteiger partial charge in [0.2, 0.25) is 0 Å². The van der Waals surface area contributed by atoms with Crippen molar-refractivity contribution < 1.29 is 29.6 Å². The molecule has 8 heteroatoms. The molecule has 0 aliphatic heterocycles. The second-order valence-electron chi connectivity index (χ2n) is 8.39. The van der Waals surface area contributed by atoms with E-state index in [0.717, 1.165) is 33.6 Å². The van der Waals surface area contributed by atoms with E-state index in [1.807, 2.05) is 36.4 Å². The standard InChI is InChI=1S/C27H23NO6S/c29-22(25(30)19-10-5-11-23-20(19)12-24(35-23)26(31)32)13-28-27(33)34-14-21-17-8-3-1-6-15(17)16-7-2-4-9-18(16)21/h1-12,21-22,25,29-30H,13-14H2,(H,28,33)(H,31,32). The van der Waals surface area contributed by atoms with Gasteiger partial charge in [0.15, 0.2) is 0 Å². The molecule has 1 amide bonds. The number of aromatic carboxylic acids is 1. The molecule has 0 fully saturated rings. The van der Waals surface area contributed by atoms with Gasteiger partial charge in [-0.15, -0.1) is 11.3 Å². The number of ether oxygens (including phenoxy) is 1. The second-order valence-corrected chi connectivity index (χ2v) is 9.48. The molecule has 0 spiro atoms. The van der Waals surface area contributed by atoms with Crippen molar-refractivity contribution >= 4 is 33.5 Å². The first-order valence-corrected chi connectivity index (χ1v) is 12.0. The minimum atomic E-state index is -1.32. The number of alkyl carbamates (subject to hydrolysis) is 1. The lowest BCUT2D eigenvalue weighted by molar-refractivity contribution is 0.0194. The van der Waals surface area contributed by atoms with Crippen LogP contribution in [0.3, 0.4) is 0 Å². The molecule has 0 saturated carbocycles. The van der Waals surface area contributed by atoms with Crippen molar-refractivity contribution in [2.75, 3.05) is 13.2 Å². The average molecular weight is 490 g/mol. The van der Waals surface area contributed by atoms with Crippen LogP contribution in [0.5, 0.6) is 0 Å². The van der Waals surface area contributed by atoms with Crippen LogP contribution in [-0.4, -0.2) is 46.6 Å². The van der Waals surface area contributed by atoms with Crippen LogP contribution in [0.25, 0.3) is 21.2 Å². The third-order valence-corrected chi connectivity index (χ3v) is 7.38. The van der Waals surface area contributed by atoms with Gasteiger partial charge in [-0.3, -0.25) is 0 Å². The minimum absolute atomic E-state index is 0.0803. The summed E-state index contributed by atoms with van der Waals surface area (Å²) in [4.78, 5) is 23.8. The number of carboxylic acids is 1. The lowest BCUT2D eigenvalue weighted by Gasteiger charge is -2.20. The van der Waals surface area contributed by atoms with Crippen molar-refractivity contribution in [1.82, 2.24) is 5.32 Å². The van der Waals surface area contributed by atoms with E-state index in [-0.39, 0.29) is 23.9 Å². The minimum Gasteiger partial charge on any atom is -0.477 e. The summed E-state index contributed by atoms with van der Waals surface area (Å²) < 4.78 is 6.16. The van der Waals surface area contributed by atoms with Gasteiger partial charge in [-0.2, -0.15) is 0 Å². The van der Waals surface area contributed by atoms with Crippen molar-refractivity contribution in [2.45, 2.75) is 18.1 Å². The highest BCUT2D eigenvalue weighted by Crippen LogP contribution is 2.44. The molecule has 35 heavy (non-hydrogen) atoms. The number of hydrogen-bond acceptors (Lipinski definition) is 6. The summed E-state index contributed by atoms with van der Waals surface area (Å²) >= 11 is 1.09. The maximum absolute atomic E-state index is 12.4. The van der Waals surface area contributed by atoms with Gasteiger partial charge in [0.05, 0.1) is 0 Å². The molecule has 4 aromatic rings. The van der Waals surface area contributed by atoms with E-state index in [4.69, 9.17) is 4.74 Å². The van der Waals surface area contributed by atoms with Crippen molar-refractivity contribution in [2.24, 2.45) is 0 Å². The molecule has 7 nitrogen and oxygen atoms in total. The fourth-order valence-corrected chi connectivity index (χ4v) is 5.54. The van der Waals surface area contributed by atoms with Crippen molar-refractivity contribution in [3.8, 4) is 11.1 Å². The Morgan fingerprint density at radius 1 is 0.943 bits per heavy atom. The van der Waals surface area contributed by atoms with Gasteiger partial charge >= 0.3 is 12.1 Å². The van der Waals surface area contributed by atoms with E-state index >= 15 is 0 Å². The summed E-state index contributed by atoms with van der Waals surface area (Å²) in [5.74, 6) is -1.13. The molecule has 0 radical (unpaired) electrons. The molecule has 1 aliphatic rings. The number of amides is 1. The summed E-state index contributed by atoms with van der Waals surface area (Å²) in [6.45, 7) is -0.0885. The van der Waals surface area contributed by atoms with Gasteiger partial charge in [0, 0.05) is 17.2 Å². The smallest absolute Gasteiger partial charge is 0.407 e. The van der Waals surface area contributed by atoms with Crippen molar-refractivity contribution in [3.63, 3.8) is 0 Å². The molecule has 0 saturated heterocycles. The lowest BCUT2D eigenvalue weighted by atomic mass is 9.98. The van der Waals surface area contributed by atoms with Crippen LogP contribution < -0.4 is 5.32 Å². The third-order valence-electron chi connectivity index (χ3n) is 6.29. The van der Waals surface area contributed by atoms with E-state index in [2.05, 4.69) is 17.4 Å². The number of aliphatic hydroxyl groups is 2. The van der Waals surface area contributed by atoms with Gasteiger partial charge in [0.25, 0.3) is 0 Å². The zero-order valence-corrected chi connectivity index (χ0v) is 19.4. The van der Waals surface area contributed by atoms with Gasteiger partial charge in [-0.25, -0.2) is 9.59 Å². The summed E-state index contributed by atoms with van der Waals surface area (Å²) in [6.07, 6.45) is -3.32. The van der Waals surface area contributed by atoms with Crippen LogP contribution in [0.15, 0.2) is 72.8 Å². The highest BCUT2D eigenvalue weighted by atomic mass is 32.1. The Labute approximate surface area is 205 Å². The molecule has 2 atom stereocenters. The van der Waals surface area contributed by atoms with E-state index < -0.39 is 24.3 Å². The number of benzene rings is 3. The Bertz CT molecular complexity index is 1370. The highest BCUT2D eigenvalue weighted by Gasteiger charge is 2.29. The molecule has 5 rings (SSSR count). The number of fused-ring (bicyclic) bond motifs is 4. The van der Waals surface area contributed by atoms with Gasteiger partial charge < -0.3 is 25.4 Å². The molecule has 178 valence electrons. The van der Waals surface area contributed by atoms with E-state index in [1.54, 1.807) is 18.2 Å². The topological polar surface area (TPSA) is 116 Å². The fraction of sp³-hybridized carbons (Fsp3) is 0.185. The lowest BCUT2D eigenvalue weighted by Crippen LogP contribution is -2.36. The maximum Gasteiger partial charge on any atom is 0.407 e. The normalized spacial score (nSPS) is 14.2. The van der Waals surface area contributed by atoms with E-state index in [9.17, 15) is 24.9 Å². The fourth-order valence-electron chi connectivity index (χ4n) is 4.60. The number of carbonyl (C=O) groups is 2. The average Bonchev–Trinajstić information content (AvgIpc) is 3.45. The Morgan fingerprint density at radius 3 is 2.26 bits per heavy atom. The van der Waals surface area contributed by atoms with E-state index in [1.165, 1.54) is 6.07 Å². The number of hydrogen-bond donors (Lipinski definition) is 4. The number of aliphatic hydroxyl groups excluding tert-OH is 2. The maximum atomic E-state index is 12.4. The first-order chi connectivity index (χ1) is 16.9. The first-order valence-electron chi connectivity index (χ1n) is 11.1. The molecule has 3 aromatic carbocycles. The SMILES string of the molecule is O=C(NCC(O)C(O)c1cccc2sc(C(=O)O)cc12)OCC1c2ccccc2-c2ccccc21. The van der Waals surface area contributed by atoms with Crippen LogP contribution in [0.4, 0.5) is 4.79 Å². The summed E-state index contributed by atoms with van der Waals surface area (Å²) in [5, 5.41) is 33.5. The summed E-state index contributed by atoms with van der Waals surface area (Å²) in [5.41, 5.74) is 4.85. The van der Waals surface area contributed by atoms with Gasteiger partial charge in [0.1, 0.15) is 23.7 Å². The van der Waals surface area contributed by atoms with Crippen LogP contribution in [-0.2, 0) is 4.74 Å². The molecule has 1 heterocycles. The number of carbonyl (C=O) groups excluding carboxylic acids is 1. The Hall–Kier alpha value is -3.72. The summed E-state index contributed by atoms with van der Waals surface area (Å²) in [6, 6.07) is 22.6. The molecule has 4 N–H and O–H groups in total. The molecule has 2 unspecified atom stereocenters. The number of thiophene rings is 1. The van der Waals surface area contributed by atoms with Crippen molar-refractivity contribution in [1.29, 1.82) is 0 Å². The summed E-state index contributed by atoms with van der Waals surface area (Å²) in [7, 11) is 0. The van der Waals surface area contributed by atoms with Crippen LogP contribution >= 0.6 is 11.3 Å². The molecular weight excluding hydrogens is 466 g/mol. The van der Waals surface area contributed by atoms with E-state index in [0.29, 0.717) is 15.6 Å². The first kappa shape index (κ1) is 23.0. The monoisotopic (exact) mass is 489 g/mol. The predicted molar refractivity (Wildman–Crippen MR) is 133 cm³/mol. The van der Waals surface area contributed by atoms with Gasteiger partial charge in [-0.05, 0) is 45.3 Å². The van der Waals surface area contributed by atoms with Crippen LogP contribution in [0.2, 0.25) is 0 Å². The molecular formula is C27H23NO6S. The zero-order chi connectivity index (χ0) is 24.5. The third kappa shape index (κ3) is 4.39. The predicted octanol–water partition coefficient (Wildman–Crippen LogP) is 4.53. The second kappa shape index (κ2) is 9.50. The quantitative estimate of drug-likeness (QED) is 0.303. The van der Waals surface area contributed by atoms with Gasteiger partial charge in [-0.1, -0.05) is 60.7 Å². The zero-order valence-electron chi connectivity index (χ0n) is 18.5. The Kier molecular flexibility index (Phi) is 6.25. The largest absolute Gasteiger partial charge is 0.477 e. The van der Waals surface area contributed by atoms with Crippen LogP contribution in [0, 0.1) is 0 Å². The van der Waals surface area contributed by atoms with Crippen LogP contribution in [0.1, 0.15) is 38.4 Å². The molecule has 1 aliphatic carbocycles. The Balaban J connectivity index is 1.21. The number of carboxylic acid groups (broad SMARTS) is 1. The number of rotatable bonds is 7. The van der Waals surface area contributed by atoms with Crippen molar-refractivity contribution in [3.05, 3.63) is 94.4 Å². The molecule has 0 bridgehead atoms. The molecule has 1 aromatic heterocycles. The Morgan fingerprint density at radius 2 is 1.60 bits per heavy atom. The number of nitrogens with one attached hydrogen (secondary N) is 1.